The van der Waals surface area contributed by atoms with E-state index >= 15 is 0 Å². The molecule has 1 aliphatic rings. The monoisotopic (exact) mass is 258 g/mol. The van der Waals surface area contributed by atoms with Crippen LogP contribution in [0.4, 0.5) is 0 Å². The Morgan fingerprint density at radius 1 is 1.31 bits per heavy atom. The van der Waals surface area contributed by atoms with Crippen LogP contribution in [0.15, 0.2) is 18.2 Å². The zero-order valence-electron chi connectivity index (χ0n) is 9.34. The van der Waals surface area contributed by atoms with Gasteiger partial charge in [0.2, 0.25) is 0 Å². The van der Waals surface area contributed by atoms with Crippen molar-refractivity contribution in [2.45, 2.75) is 19.5 Å². The summed E-state index contributed by atoms with van der Waals surface area (Å²) in [6, 6.07) is 6.31. The third-order valence-corrected chi connectivity index (χ3v) is 3.38. The minimum atomic E-state index is 0.562. The first-order valence-corrected chi connectivity index (χ1v) is 6.30. The molecule has 0 bridgehead atoms. The normalized spacial score (nSPS) is 22.3. The van der Waals surface area contributed by atoms with Crippen LogP contribution in [-0.2, 0) is 6.54 Å². The fourth-order valence-corrected chi connectivity index (χ4v) is 2.63. The van der Waals surface area contributed by atoms with Crippen LogP contribution < -0.4 is 5.32 Å². The maximum Gasteiger partial charge on any atom is 0.0424 e. The molecule has 2 rings (SSSR count). The summed E-state index contributed by atoms with van der Waals surface area (Å²) in [6.07, 6.45) is 0. The molecule has 1 aromatic rings. The van der Waals surface area contributed by atoms with Crippen LogP contribution in [0.3, 0.4) is 0 Å². The highest BCUT2D eigenvalue weighted by atomic mass is 35.5. The van der Waals surface area contributed by atoms with Gasteiger partial charge in [-0.15, -0.1) is 0 Å². The fourth-order valence-electron chi connectivity index (χ4n) is 2.05. The number of rotatable bonds is 2. The number of hydrogen-bond donors (Lipinski definition) is 1. The summed E-state index contributed by atoms with van der Waals surface area (Å²) in [6.45, 7) is 6.33. The number of benzene rings is 1. The van der Waals surface area contributed by atoms with E-state index in [2.05, 4.69) is 17.1 Å². The molecule has 1 unspecified atom stereocenters. The van der Waals surface area contributed by atoms with Crippen molar-refractivity contribution in [3.05, 3.63) is 33.8 Å². The second kappa shape index (κ2) is 5.37. The molecular formula is C12H16Cl2N2. The summed E-state index contributed by atoms with van der Waals surface area (Å²) in [5, 5.41) is 4.81. The van der Waals surface area contributed by atoms with Crippen LogP contribution in [0, 0.1) is 0 Å². The molecule has 1 N–H and O–H groups in total. The lowest BCUT2D eigenvalue weighted by Crippen LogP contribution is -2.49. The van der Waals surface area contributed by atoms with Crippen molar-refractivity contribution in [2.24, 2.45) is 0 Å². The smallest absolute Gasteiger partial charge is 0.0424 e. The van der Waals surface area contributed by atoms with Gasteiger partial charge in [-0.3, -0.25) is 4.90 Å². The third kappa shape index (κ3) is 3.11. The van der Waals surface area contributed by atoms with Crippen molar-refractivity contribution in [3.63, 3.8) is 0 Å². The van der Waals surface area contributed by atoms with Gasteiger partial charge in [-0.2, -0.15) is 0 Å². The summed E-state index contributed by atoms with van der Waals surface area (Å²) < 4.78 is 0. The van der Waals surface area contributed by atoms with E-state index in [9.17, 15) is 0 Å². The molecule has 1 atom stereocenters. The minimum Gasteiger partial charge on any atom is -0.314 e. The number of hydrogen-bond acceptors (Lipinski definition) is 2. The fraction of sp³-hybridized carbons (Fsp3) is 0.500. The molecule has 88 valence electrons. The topological polar surface area (TPSA) is 15.3 Å². The van der Waals surface area contributed by atoms with Crippen molar-refractivity contribution in [3.8, 4) is 0 Å². The first-order chi connectivity index (χ1) is 7.65. The number of nitrogens with one attached hydrogen (secondary N) is 1. The zero-order chi connectivity index (χ0) is 11.5. The molecule has 1 heterocycles. The van der Waals surface area contributed by atoms with Crippen LogP contribution in [0.1, 0.15) is 12.5 Å². The largest absolute Gasteiger partial charge is 0.314 e. The second-order valence-corrected chi connectivity index (χ2v) is 5.17. The lowest BCUT2D eigenvalue weighted by Gasteiger charge is -2.33. The highest BCUT2D eigenvalue weighted by molar-refractivity contribution is 6.34. The summed E-state index contributed by atoms with van der Waals surface area (Å²) >= 11 is 12.0. The van der Waals surface area contributed by atoms with E-state index in [1.807, 2.05) is 12.1 Å². The molecule has 1 saturated heterocycles. The summed E-state index contributed by atoms with van der Waals surface area (Å²) in [5.74, 6) is 0. The van der Waals surface area contributed by atoms with E-state index in [0.29, 0.717) is 16.1 Å². The summed E-state index contributed by atoms with van der Waals surface area (Å²) in [5.41, 5.74) is 1.19. The molecule has 4 heteroatoms. The van der Waals surface area contributed by atoms with Crippen molar-refractivity contribution < 1.29 is 0 Å². The van der Waals surface area contributed by atoms with Gasteiger partial charge in [-0.05, 0) is 30.7 Å². The van der Waals surface area contributed by atoms with Gasteiger partial charge in [-0.25, -0.2) is 0 Å². The first-order valence-electron chi connectivity index (χ1n) is 5.55. The first kappa shape index (κ1) is 12.2. The van der Waals surface area contributed by atoms with E-state index in [0.717, 1.165) is 26.2 Å². The maximum atomic E-state index is 5.99. The molecule has 2 nitrogen and oxygen atoms in total. The van der Waals surface area contributed by atoms with Gasteiger partial charge in [0.05, 0.1) is 0 Å². The van der Waals surface area contributed by atoms with E-state index < -0.39 is 0 Å². The lowest BCUT2D eigenvalue weighted by atomic mass is 10.1. The van der Waals surface area contributed by atoms with Crippen LogP contribution in [0.5, 0.6) is 0 Å². The molecule has 0 amide bonds. The van der Waals surface area contributed by atoms with Crippen LogP contribution in [-0.4, -0.2) is 30.6 Å². The van der Waals surface area contributed by atoms with Gasteiger partial charge in [-0.1, -0.05) is 23.2 Å². The minimum absolute atomic E-state index is 0.562. The Labute approximate surface area is 107 Å². The Bertz CT molecular complexity index is 348. The number of piperazine rings is 1. The Morgan fingerprint density at radius 2 is 2.00 bits per heavy atom. The van der Waals surface area contributed by atoms with Crippen LogP contribution in [0.25, 0.3) is 0 Å². The quantitative estimate of drug-likeness (QED) is 0.878. The Balaban J connectivity index is 2.07. The SMILES string of the molecule is CC1CNCCN1Cc1cc(Cl)cc(Cl)c1. The van der Waals surface area contributed by atoms with Crippen molar-refractivity contribution in [1.29, 1.82) is 0 Å². The standard InChI is InChI=1S/C12H16Cl2N2/c1-9-7-15-2-3-16(9)8-10-4-11(13)6-12(14)5-10/h4-6,9,15H,2-3,7-8H2,1H3. The van der Waals surface area contributed by atoms with Gasteiger partial charge >= 0.3 is 0 Å². The highest BCUT2D eigenvalue weighted by Gasteiger charge is 2.17. The van der Waals surface area contributed by atoms with E-state index in [-0.39, 0.29) is 0 Å². The van der Waals surface area contributed by atoms with Crippen molar-refractivity contribution >= 4 is 23.2 Å². The van der Waals surface area contributed by atoms with E-state index in [1.54, 1.807) is 6.07 Å². The third-order valence-electron chi connectivity index (χ3n) is 2.95. The van der Waals surface area contributed by atoms with Gasteiger partial charge in [0.1, 0.15) is 0 Å². The Morgan fingerprint density at radius 3 is 2.62 bits per heavy atom. The summed E-state index contributed by atoms with van der Waals surface area (Å²) in [7, 11) is 0. The molecular weight excluding hydrogens is 243 g/mol. The number of halogens is 2. The highest BCUT2D eigenvalue weighted by Crippen LogP contribution is 2.21. The van der Waals surface area contributed by atoms with Crippen molar-refractivity contribution in [2.75, 3.05) is 19.6 Å². The van der Waals surface area contributed by atoms with E-state index in [1.165, 1.54) is 5.56 Å². The predicted molar refractivity (Wildman–Crippen MR) is 69.2 cm³/mol. The maximum absolute atomic E-state index is 5.99. The van der Waals surface area contributed by atoms with E-state index in [4.69, 9.17) is 23.2 Å². The molecule has 0 aliphatic carbocycles. The van der Waals surface area contributed by atoms with Gasteiger partial charge in [0, 0.05) is 42.3 Å². The van der Waals surface area contributed by atoms with Crippen molar-refractivity contribution in [1.82, 2.24) is 10.2 Å². The molecule has 1 aromatic carbocycles. The molecule has 0 saturated carbocycles. The Hall–Kier alpha value is -0.280. The van der Waals surface area contributed by atoms with Gasteiger partial charge in [0.15, 0.2) is 0 Å². The number of nitrogens with zero attached hydrogens (tertiary/aromatic N) is 1. The zero-order valence-corrected chi connectivity index (χ0v) is 10.9. The summed E-state index contributed by atoms with van der Waals surface area (Å²) in [4.78, 5) is 2.44. The second-order valence-electron chi connectivity index (χ2n) is 4.30. The average Bonchev–Trinajstić information content (AvgIpc) is 2.20. The molecule has 1 aliphatic heterocycles. The Kier molecular flexibility index (Phi) is 4.09. The molecule has 0 spiro atoms. The van der Waals surface area contributed by atoms with Gasteiger partial charge in [0.25, 0.3) is 0 Å². The molecule has 1 fully saturated rings. The van der Waals surface area contributed by atoms with Crippen LogP contribution >= 0.6 is 23.2 Å². The average molecular weight is 259 g/mol. The predicted octanol–water partition coefficient (Wildman–Crippen LogP) is 2.79. The van der Waals surface area contributed by atoms with Gasteiger partial charge < -0.3 is 5.32 Å². The molecule has 0 aromatic heterocycles. The molecule has 16 heavy (non-hydrogen) atoms. The lowest BCUT2D eigenvalue weighted by molar-refractivity contribution is 0.165. The molecule has 0 radical (unpaired) electrons. The van der Waals surface area contributed by atoms with Crippen LogP contribution in [0.2, 0.25) is 10.0 Å².